The van der Waals surface area contributed by atoms with Crippen molar-refractivity contribution in [3.05, 3.63) is 36.0 Å². The molecule has 4 nitrogen and oxygen atoms in total. The van der Waals surface area contributed by atoms with E-state index in [2.05, 4.69) is 17.6 Å². The molecular formula is C12H15N3O. The molecule has 0 amide bonds. The second kappa shape index (κ2) is 5.89. The van der Waals surface area contributed by atoms with Gasteiger partial charge in [0.05, 0.1) is 12.2 Å². The Kier molecular flexibility index (Phi) is 4.49. The highest BCUT2D eigenvalue weighted by atomic mass is 16.3. The minimum atomic E-state index is 0.0222. The van der Waals surface area contributed by atoms with E-state index in [0.717, 1.165) is 5.69 Å². The highest BCUT2D eigenvalue weighted by molar-refractivity contribution is 5.54. The topological polar surface area (TPSA) is 60.1 Å². The largest absolute Gasteiger partial charge is 0.395 e. The van der Waals surface area contributed by atoms with Gasteiger partial charge in [0, 0.05) is 18.8 Å². The quantitative estimate of drug-likeness (QED) is 0.754. The number of aliphatic hydroxyl groups excluding tert-OH is 1. The summed E-state index contributed by atoms with van der Waals surface area (Å²) in [6.07, 6.45) is 1.72. The Bertz CT molecular complexity index is 409. The minimum Gasteiger partial charge on any atom is -0.395 e. The zero-order valence-corrected chi connectivity index (χ0v) is 9.35. The molecule has 84 valence electrons. The Hall–Kier alpha value is -1.86. The van der Waals surface area contributed by atoms with Gasteiger partial charge in [-0.3, -0.25) is 0 Å². The van der Waals surface area contributed by atoms with Gasteiger partial charge in [-0.2, -0.15) is 5.26 Å². The van der Waals surface area contributed by atoms with Gasteiger partial charge in [-0.05, 0) is 19.1 Å². The molecule has 0 aromatic carbocycles. The third kappa shape index (κ3) is 2.81. The summed E-state index contributed by atoms with van der Waals surface area (Å²) in [5.41, 5.74) is 1.36. The summed E-state index contributed by atoms with van der Waals surface area (Å²) in [4.78, 5) is 6.16. The predicted octanol–water partition coefficient (Wildman–Crippen LogP) is 1.25. The van der Waals surface area contributed by atoms with Gasteiger partial charge in [0.1, 0.15) is 11.9 Å². The van der Waals surface area contributed by atoms with Crippen LogP contribution >= 0.6 is 0 Å². The first-order valence-corrected chi connectivity index (χ1v) is 5.07. The van der Waals surface area contributed by atoms with E-state index in [4.69, 9.17) is 10.4 Å². The van der Waals surface area contributed by atoms with Crippen LogP contribution in [0.2, 0.25) is 0 Å². The molecule has 1 aromatic rings. The molecule has 0 saturated heterocycles. The molecule has 0 aliphatic heterocycles. The van der Waals surface area contributed by atoms with Crippen LogP contribution in [0.1, 0.15) is 11.3 Å². The molecule has 0 radical (unpaired) electrons. The maximum atomic E-state index is 8.99. The maximum Gasteiger partial charge on any atom is 0.147 e. The summed E-state index contributed by atoms with van der Waals surface area (Å²) in [6.45, 7) is 6.55. The first-order valence-electron chi connectivity index (χ1n) is 5.07. The highest BCUT2D eigenvalue weighted by Gasteiger charge is 2.11. The van der Waals surface area contributed by atoms with Gasteiger partial charge in [-0.25, -0.2) is 4.98 Å². The Balaban J connectivity index is 3.10. The SMILES string of the molecule is C=CCN(CCO)c1nc(C)ccc1C#N. The van der Waals surface area contributed by atoms with Crippen LogP contribution in [0.4, 0.5) is 5.82 Å². The lowest BCUT2D eigenvalue weighted by atomic mass is 10.2. The molecule has 0 atom stereocenters. The van der Waals surface area contributed by atoms with E-state index in [1.807, 2.05) is 11.8 Å². The second-order valence-corrected chi connectivity index (χ2v) is 3.39. The molecule has 1 heterocycles. The summed E-state index contributed by atoms with van der Waals surface area (Å²) >= 11 is 0. The van der Waals surface area contributed by atoms with E-state index < -0.39 is 0 Å². The molecule has 0 unspecified atom stereocenters. The standard InChI is InChI=1S/C12H15N3O/c1-3-6-15(7-8-16)12-11(9-13)5-4-10(2)14-12/h3-5,16H,1,6-8H2,2H3. The van der Waals surface area contributed by atoms with Crippen molar-refractivity contribution in [2.45, 2.75) is 6.92 Å². The van der Waals surface area contributed by atoms with Crippen molar-refractivity contribution >= 4 is 5.82 Å². The molecule has 0 saturated carbocycles. The van der Waals surface area contributed by atoms with E-state index in [1.54, 1.807) is 18.2 Å². The van der Waals surface area contributed by atoms with Crippen LogP contribution < -0.4 is 4.90 Å². The van der Waals surface area contributed by atoms with E-state index in [1.165, 1.54) is 0 Å². The van der Waals surface area contributed by atoms with Crippen LogP contribution in [0.25, 0.3) is 0 Å². The Labute approximate surface area is 95.5 Å². The molecule has 0 fully saturated rings. The molecular weight excluding hydrogens is 202 g/mol. The number of nitrogens with zero attached hydrogens (tertiary/aromatic N) is 3. The first kappa shape index (κ1) is 12.2. The van der Waals surface area contributed by atoms with Gasteiger partial charge in [0.15, 0.2) is 0 Å². The number of hydrogen-bond donors (Lipinski definition) is 1. The zero-order valence-electron chi connectivity index (χ0n) is 9.35. The Morgan fingerprint density at radius 3 is 2.94 bits per heavy atom. The van der Waals surface area contributed by atoms with Crippen molar-refractivity contribution < 1.29 is 5.11 Å². The third-order valence-electron chi connectivity index (χ3n) is 2.15. The van der Waals surface area contributed by atoms with Crippen molar-refractivity contribution in [3.8, 4) is 6.07 Å². The van der Waals surface area contributed by atoms with Gasteiger partial charge in [-0.1, -0.05) is 6.08 Å². The molecule has 16 heavy (non-hydrogen) atoms. The number of nitriles is 1. The lowest BCUT2D eigenvalue weighted by molar-refractivity contribution is 0.302. The summed E-state index contributed by atoms with van der Waals surface area (Å²) in [5.74, 6) is 0.608. The average Bonchev–Trinajstić information content (AvgIpc) is 2.29. The smallest absolute Gasteiger partial charge is 0.147 e. The molecule has 0 aliphatic rings. The Morgan fingerprint density at radius 1 is 1.62 bits per heavy atom. The number of anilines is 1. The second-order valence-electron chi connectivity index (χ2n) is 3.39. The van der Waals surface area contributed by atoms with Crippen molar-refractivity contribution in [2.24, 2.45) is 0 Å². The Morgan fingerprint density at radius 2 is 2.38 bits per heavy atom. The summed E-state index contributed by atoms with van der Waals surface area (Å²) in [5, 5.41) is 18.0. The number of aromatic nitrogens is 1. The van der Waals surface area contributed by atoms with Crippen molar-refractivity contribution in [3.63, 3.8) is 0 Å². The molecule has 0 spiro atoms. The maximum absolute atomic E-state index is 8.99. The normalized spacial score (nSPS) is 9.56. The number of pyridine rings is 1. The van der Waals surface area contributed by atoms with Crippen molar-refractivity contribution in [2.75, 3.05) is 24.6 Å². The fourth-order valence-corrected chi connectivity index (χ4v) is 1.43. The zero-order chi connectivity index (χ0) is 12.0. The molecule has 4 heteroatoms. The van der Waals surface area contributed by atoms with Gasteiger partial charge in [-0.15, -0.1) is 6.58 Å². The predicted molar refractivity (Wildman–Crippen MR) is 63.2 cm³/mol. The monoisotopic (exact) mass is 217 g/mol. The molecule has 1 aromatic heterocycles. The van der Waals surface area contributed by atoms with Crippen LogP contribution in [0.5, 0.6) is 0 Å². The van der Waals surface area contributed by atoms with Gasteiger partial charge < -0.3 is 10.0 Å². The van der Waals surface area contributed by atoms with E-state index in [9.17, 15) is 0 Å². The average molecular weight is 217 g/mol. The number of hydrogen-bond acceptors (Lipinski definition) is 4. The fraction of sp³-hybridized carbons (Fsp3) is 0.333. The summed E-state index contributed by atoms with van der Waals surface area (Å²) in [7, 11) is 0. The van der Waals surface area contributed by atoms with Crippen molar-refractivity contribution in [1.29, 1.82) is 5.26 Å². The van der Waals surface area contributed by atoms with E-state index in [-0.39, 0.29) is 6.61 Å². The number of aliphatic hydroxyl groups is 1. The molecule has 0 aliphatic carbocycles. The van der Waals surface area contributed by atoms with Crippen LogP contribution in [0.3, 0.4) is 0 Å². The minimum absolute atomic E-state index is 0.0222. The van der Waals surface area contributed by atoms with Gasteiger partial charge in [0.25, 0.3) is 0 Å². The lowest BCUT2D eigenvalue weighted by Crippen LogP contribution is -2.28. The van der Waals surface area contributed by atoms with Gasteiger partial charge >= 0.3 is 0 Å². The van der Waals surface area contributed by atoms with Crippen LogP contribution in [-0.4, -0.2) is 29.8 Å². The lowest BCUT2D eigenvalue weighted by Gasteiger charge is -2.22. The highest BCUT2D eigenvalue weighted by Crippen LogP contribution is 2.17. The number of aryl methyl sites for hydroxylation is 1. The van der Waals surface area contributed by atoms with E-state index in [0.29, 0.717) is 24.5 Å². The first-order chi connectivity index (χ1) is 7.72. The summed E-state index contributed by atoms with van der Waals surface area (Å²) in [6, 6.07) is 5.64. The number of rotatable bonds is 5. The summed E-state index contributed by atoms with van der Waals surface area (Å²) < 4.78 is 0. The molecule has 1 N–H and O–H groups in total. The van der Waals surface area contributed by atoms with E-state index >= 15 is 0 Å². The third-order valence-corrected chi connectivity index (χ3v) is 2.15. The van der Waals surface area contributed by atoms with Gasteiger partial charge in [0.2, 0.25) is 0 Å². The fourth-order valence-electron chi connectivity index (χ4n) is 1.43. The molecule has 1 rings (SSSR count). The van der Waals surface area contributed by atoms with Crippen molar-refractivity contribution in [1.82, 2.24) is 4.98 Å². The van der Waals surface area contributed by atoms with Crippen LogP contribution in [0.15, 0.2) is 24.8 Å². The van der Waals surface area contributed by atoms with Crippen LogP contribution in [0, 0.1) is 18.3 Å². The molecule has 0 bridgehead atoms. The van der Waals surface area contributed by atoms with Crippen LogP contribution in [-0.2, 0) is 0 Å².